The molecule has 1 heterocycles. The number of esters is 1. The van der Waals surface area contributed by atoms with E-state index in [1.165, 1.54) is 7.11 Å². The number of piperidine rings is 1. The molecule has 2 aromatic rings. The molecule has 2 N–H and O–H groups in total. The summed E-state index contributed by atoms with van der Waals surface area (Å²) in [5, 5.41) is 10.5. The Labute approximate surface area is 181 Å². The van der Waals surface area contributed by atoms with Crippen molar-refractivity contribution < 1.29 is 31.9 Å². The number of ether oxygens (including phenoxy) is 1. The number of halogens is 4. The average molecular weight is 451 g/mol. The molecule has 1 saturated heterocycles. The van der Waals surface area contributed by atoms with Crippen LogP contribution >= 0.6 is 0 Å². The summed E-state index contributed by atoms with van der Waals surface area (Å²) in [5.74, 6) is -3.35. The van der Waals surface area contributed by atoms with Gasteiger partial charge >= 0.3 is 12.1 Å². The minimum Gasteiger partial charge on any atom is -0.465 e. The van der Waals surface area contributed by atoms with Crippen molar-refractivity contribution in [2.24, 2.45) is 5.92 Å². The largest absolute Gasteiger partial charge is 0.465 e. The normalized spacial score (nSPS) is 17.2. The Morgan fingerprint density at radius 1 is 1.19 bits per heavy atom. The van der Waals surface area contributed by atoms with Gasteiger partial charge in [0.25, 0.3) is 0 Å². The number of carbonyl (C=O) groups excluding carboxylic acids is 2. The lowest BCUT2D eigenvalue weighted by atomic mass is 9.94. The van der Waals surface area contributed by atoms with Crippen LogP contribution in [0.2, 0.25) is 0 Å². The quantitative estimate of drug-likeness (QED) is 0.530. The van der Waals surface area contributed by atoms with Crippen molar-refractivity contribution in [2.75, 3.05) is 25.5 Å². The molecule has 0 spiro atoms. The fraction of sp³-hybridized carbons (Fsp3) is 0.318. The number of methoxy groups -OCH3 is 1. The summed E-state index contributed by atoms with van der Waals surface area (Å²) in [4.78, 5) is 26.1. The second kappa shape index (κ2) is 9.47. The van der Waals surface area contributed by atoms with Crippen LogP contribution in [0, 0.1) is 17.1 Å². The number of hydrogen-bond acceptors (Lipinski definition) is 5. The van der Waals surface area contributed by atoms with E-state index in [4.69, 9.17) is 5.41 Å². The first kappa shape index (κ1) is 23.4. The molecular formula is C22H21F4N3O3. The number of amides is 1. The smallest absolute Gasteiger partial charge is 0.419 e. The van der Waals surface area contributed by atoms with Crippen molar-refractivity contribution >= 4 is 23.3 Å². The van der Waals surface area contributed by atoms with Gasteiger partial charge in [0.2, 0.25) is 5.91 Å². The van der Waals surface area contributed by atoms with Crippen molar-refractivity contribution in [3.8, 4) is 0 Å². The molecule has 1 unspecified atom stereocenters. The van der Waals surface area contributed by atoms with Crippen LogP contribution in [0.5, 0.6) is 0 Å². The molecule has 0 radical (unpaired) electrons. The number of alkyl halides is 3. The van der Waals surface area contributed by atoms with Crippen LogP contribution in [0.4, 0.5) is 23.2 Å². The van der Waals surface area contributed by atoms with E-state index in [-0.39, 0.29) is 17.9 Å². The van der Waals surface area contributed by atoms with Crippen molar-refractivity contribution in [3.05, 3.63) is 65.0 Å². The van der Waals surface area contributed by atoms with Gasteiger partial charge in [-0.05, 0) is 42.3 Å². The average Bonchev–Trinajstić information content (AvgIpc) is 2.75. The van der Waals surface area contributed by atoms with E-state index in [0.29, 0.717) is 37.2 Å². The zero-order chi connectivity index (χ0) is 23.5. The molecule has 0 aliphatic carbocycles. The molecule has 1 fully saturated rings. The Hall–Kier alpha value is -3.27. The molecule has 0 saturated carbocycles. The number of nitrogens with zero attached hydrogens (tertiary/aromatic N) is 1. The lowest BCUT2D eigenvalue weighted by Gasteiger charge is -2.32. The zero-order valence-corrected chi connectivity index (χ0v) is 17.1. The first-order chi connectivity index (χ1) is 15.1. The zero-order valence-electron chi connectivity index (χ0n) is 17.1. The van der Waals surface area contributed by atoms with E-state index in [1.54, 1.807) is 24.3 Å². The van der Waals surface area contributed by atoms with Crippen LogP contribution in [-0.4, -0.2) is 42.7 Å². The molecule has 0 bridgehead atoms. The molecule has 10 heteroatoms. The first-order valence-corrected chi connectivity index (χ1v) is 9.73. The summed E-state index contributed by atoms with van der Waals surface area (Å²) in [6.45, 7) is 1.21. The molecular weight excluding hydrogens is 430 g/mol. The second-order valence-electron chi connectivity index (χ2n) is 7.43. The van der Waals surface area contributed by atoms with E-state index in [0.717, 1.165) is 11.6 Å². The standard InChI is InChI=1S/C22H21F4N3O3/c1-32-21(31)14-4-2-13(3-5-14)11-29-9-8-19(27)16(12-29)20(30)28-15-6-7-18(23)17(10-15)22(24,25)26/h2-7,10,16,27H,8-9,11-12H2,1H3,(H,28,30). The highest BCUT2D eigenvalue weighted by atomic mass is 19.4. The van der Waals surface area contributed by atoms with Gasteiger partial charge in [-0.15, -0.1) is 0 Å². The predicted octanol–water partition coefficient (Wildman–Crippen LogP) is 4.11. The van der Waals surface area contributed by atoms with Gasteiger partial charge in [-0.2, -0.15) is 13.2 Å². The van der Waals surface area contributed by atoms with E-state index < -0.39 is 35.4 Å². The maximum Gasteiger partial charge on any atom is 0.419 e. The van der Waals surface area contributed by atoms with Gasteiger partial charge in [-0.3, -0.25) is 9.69 Å². The number of benzene rings is 2. The van der Waals surface area contributed by atoms with Gasteiger partial charge in [-0.1, -0.05) is 12.1 Å². The summed E-state index contributed by atoms with van der Waals surface area (Å²) < 4.78 is 56.9. The molecule has 3 rings (SSSR count). The summed E-state index contributed by atoms with van der Waals surface area (Å²) in [5.41, 5.74) is -0.180. The minimum atomic E-state index is -4.89. The Morgan fingerprint density at radius 3 is 2.50 bits per heavy atom. The van der Waals surface area contributed by atoms with Gasteiger partial charge in [-0.25, -0.2) is 9.18 Å². The van der Waals surface area contributed by atoms with Crippen molar-refractivity contribution in [3.63, 3.8) is 0 Å². The molecule has 170 valence electrons. The van der Waals surface area contributed by atoms with Crippen LogP contribution < -0.4 is 5.32 Å². The van der Waals surface area contributed by atoms with Crippen molar-refractivity contribution in [2.45, 2.75) is 19.1 Å². The highest BCUT2D eigenvalue weighted by molar-refractivity contribution is 6.08. The van der Waals surface area contributed by atoms with Crippen LogP contribution in [0.25, 0.3) is 0 Å². The Balaban J connectivity index is 1.67. The third-order valence-corrected chi connectivity index (χ3v) is 5.20. The van der Waals surface area contributed by atoms with Crippen LogP contribution in [0.1, 0.15) is 27.9 Å². The van der Waals surface area contributed by atoms with E-state index in [2.05, 4.69) is 10.1 Å². The molecule has 6 nitrogen and oxygen atoms in total. The lowest BCUT2D eigenvalue weighted by molar-refractivity contribution is -0.140. The highest BCUT2D eigenvalue weighted by Crippen LogP contribution is 2.33. The van der Waals surface area contributed by atoms with Crippen LogP contribution in [-0.2, 0) is 22.3 Å². The van der Waals surface area contributed by atoms with Gasteiger partial charge < -0.3 is 15.5 Å². The van der Waals surface area contributed by atoms with Crippen molar-refractivity contribution in [1.82, 2.24) is 4.90 Å². The SMILES string of the molecule is COC(=O)c1ccc(CN2CCC(=N)C(C(=O)Nc3ccc(F)c(C(F)(F)F)c3)C2)cc1. The lowest BCUT2D eigenvalue weighted by Crippen LogP contribution is -2.45. The molecule has 1 amide bonds. The third-order valence-electron chi connectivity index (χ3n) is 5.20. The summed E-state index contributed by atoms with van der Waals surface area (Å²) in [7, 11) is 1.29. The van der Waals surface area contributed by atoms with Crippen LogP contribution in [0.15, 0.2) is 42.5 Å². The Morgan fingerprint density at radius 2 is 1.88 bits per heavy atom. The number of hydrogen-bond donors (Lipinski definition) is 2. The fourth-order valence-corrected chi connectivity index (χ4v) is 3.47. The highest BCUT2D eigenvalue weighted by Gasteiger charge is 2.35. The predicted molar refractivity (Wildman–Crippen MR) is 109 cm³/mol. The van der Waals surface area contributed by atoms with Crippen LogP contribution in [0.3, 0.4) is 0 Å². The number of anilines is 1. The summed E-state index contributed by atoms with van der Waals surface area (Å²) >= 11 is 0. The molecule has 0 aromatic heterocycles. The van der Waals surface area contributed by atoms with Gasteiger partial charge in [0.1, 0.15) is 5.82 Å². The van der Waals surface area contributed by atoms with E-state index >= 15 is 0 Å². The minimum absolute atomic E-state index is 0.179. The molecule has 1 aliphatic rings. The second-order valence-corrected chi connectivity index (χ2v) is 7.43. The molecule has 2 aromatic carbocycles. The maximum atomic E-state index is 13.5. The first-order valence-electron chi connectivity index (χ1n) is 9.73. The number of nitrogens with one attached hydrogen (secondary N) is 2. The summed E-state index contributed by atoms with van der Waals surface area (Å²) in [6, 6.07) is 9.02. The van der Waals surface area contributed by atoms with Gasteiger partial charge in [0.15, 0.2) is 0 Å². The van der Waals surface area contributed by atoms with Gasteiger partial charge in [0, 0.05) is 31.0 Å². The fourth-order valence-electron chi connectivity index (χ4n) is 3.47. The van der Waals surface area contributed by atoms with E-state index in [9.17, 15) is 27.2 Å². The Kier molecular flexibility index (Phi) is 6.93. The molecule has 32 heavy (non-hydrogen) atoms. The topological polar surface area (TPSA) is 82.5 Å². The number of rotatable bonds is 5. The molecule has 1 atom stereocenters. The summed E-state index contributed by atoms with van der Waals surface area (Å²) in [6.07, 6.45) is -4.56. The maximum absolute atomic E-state index is 13.5. The number of carbonyl (C=O) groups is 2. The van der Waals surface area contributed by atoms with Crippen molar-refractivity contribution in [1.29, 1.82) is 5.41 Å². The van der Waals surface area contributed by atoms with E-state index in [1.807, 2.05) is 4.90 Å². The Bertz CT molecular complexity index is 1020. The third kappa shape index (κ3) is 5.50. The van der Waals surface area contributed by atoms with Gasteiger partial charge in [0.05, 0.1) is 24.2 Å². The monoisotopic (exact) mass is 451 g/mol. The molecule has 1 aliphatic heterocycles. The number of likely N-dealkylation sites (tertiary alicyclic amines) is 1.